The van der Waals surface area contributed by atoms with Crippen LogP contribution in [0, 0.1) is 11.3 Å². The Hall–Kier alpha value is -2.55. The highest BCUT2D eigenvalue weighted by Crippen LogP contribution is 2.17. The molecule has 0 saturated carbocycles. The third-order valence-corrected chi connectivity index (χ3v) is 3.61. The molecular formula is C18H17ClN2O3. The molecule has 0 heterocycles. The van der Waals surface area contributed by atoms with E-state index in [0.29, 0.717) is 10.8 Å². The van der Waals surface area contributed by atoms with Gasteiger partial charge in [-0.2, -0.15) is 5.26 Å². The van der Waals surface area contributed by atoms with Crippen molar-refractivity contribution in [2.75, 3.05) is 13.2 Å². The topological polar surface area (TPSA) is 82.3 Å². The van der Waals surface area contributed by atoms with Gasteiger partial charge < -0.3 is 15.2 Å². The fourth-order valence-electron chi connectivity index (χ4n) is 2.22. The maximum atomic E-state index is 12.2. The Kier molecular flexibility index (Phi) is 6.62. The molecule has 24 heavy (non-hydrogen) atoms. The van der Waals surface area contributed by atoms with Crippen molar-refractivity contribution < 1.29 is 14.6 Å². The second-order valence-corrected chi connectivity index (χ2v) is 5.56. The van der Waals surface area contributed by atoms with E-state index in [0.717, 1.165) is 11.1 Å². The Balaban J connectivity index is 1.99. The minimum atomic E-state index is -0.493. The van der Waals surface area contributed by atoms with Gasteiger partial charge >= 0.3 is 0 Å². The molecule has 0 fully saturated rings. The molecule has 0 aliphatic carbocycles. The number of hydrogen-bond acceptors (Lipinski definition) is 4. The van der Waals surface area contributed by atoms with Crippen molar-refractivity contribution in [3.63, 3.8) is 0 Å². The monoisotopic (exact) mass is 344 g/mol. The first kappa shape index (κ1) is 17.8. The van der Waals surface area contributed by atoms with Crippen molar-refractivity contribution >= 4 is 17.5 Å². The van der Waals surface area contributed by atoms with Crippen LogP contribution in [0.2, 0.25) is 5.02 Å². The number of ether oxygens (including phenoxy) is 1. The van der Waals surface area contributed by atoms with Crippen molar-refractivity contribution in [2.45, 2.75) is 12.5 Å². The summed E-state index contributed by atoms with van der Waals surface area (Å²) in [6.45, 7) is -0.252. The van der Waals surface area contributed by atoms with Crippen LogP contribution in [-0.2, 0) is 11.2 Å². The summed E-state index contributed by atoms with van der Waals surface area (Å²) in [5, 5.41) is 21.4. The van der Waals surface area contributed by atoms with Crippen LogP contribution >= 0.6 is 11.6 Å². The average molecular weight is 345 g/mol. The smallest absolute Gasteiger partial charge is 0.224 e. The number of amides is 1. The molecule has 0 aromatic heterocycles. The molecule has 124 valence electrons. The third kappa shape index (κ3) is 5.27. The SMILES string of the molecule is N#CCOc1cccc(CC(=O)NC(CO)c2ccc(Cl)cc2)c1. The van der Waals surface area contributed by atoms with E-state index in [1.165, 1.54) is 0 Å². The van der Waals surface area contributed by atoms with Gasteiger partial charge in [-0.1, -0.05) is 35.9 Å². The average Bonchev–Trinajstić information content (AvgIpc) is 2.59. The van der Waals surface area contributed by atoms with Crippen LogP contribution in [0.3, 0.4) is 0 Å². The molecule has 0 radical (unpaired) electrons. The molecule has 0 spiro atoms. The second-order valence-electron chi connectivity index (χ2n) is 5.13. The summed E-state index contributed by atoms with van der Waals surface area (Å²) < 4.78 is 5.21. The Morgan fingerprint density at radius 1 is 1.29 bits per heavy atom. The summed E-state index contributed by atoms with van der Waals surface area (Å²) in [4.78, 5) is 12.2. The van der Waals surface area contributed by atoms with Gasteiger partial charge in [-0.3, -0.25) is 4.79 Å². The standard InChI is InChI=1S/C18H17ClN2O3/c19-15-6-4-14(5-7-15)17(12-22)21-18(23)11-13-2-1-3-16(10-13)24-9-8-20/h1-7,10,17,22H,9,11-12H2,(H,21,23). The lowest BCUT2D eigenvalue weighted by Crippen LogP contribution is -2.31. The fraction of sp³-hybridized carbons (Fsp3) is 0.222. The maximum absolute atomic E-state index is 12.2. The molecule has 6 heteroatoms. The van der Waals surface area contributed by atoms with Gasteiger partial charge in [0.05, 0.1) is 19.1 Å². The summed E-state index contributed by atoms with van der Waals surface area (Å²) in [6.07, 6.45) is 0.147. The first-order valence-corrected chi connectivity index (χ1v) is 7.74. The van der Waals surface area contributed by atoms with Gasteiger partial charge in [-0.25, -0.2) is 0 Å². The molecule has 1 unspecified atom stereocenters. The molecule has 0 saturated heterocycles. The molecule has 1 atom stereocenters. The summed E-state index contributed by atoms with van der Waals surface area (Å²) in [6, 6.07) is 15.4. The van der Waals surface area contributed by atoms with Crippen LogP contribution in [0.1, 0.15) is 17.2 Å². The van der Waals surface area contributed by atoms with E-state index in [-0.39, 0.29) is 25.5 Å². The second kappa shape index (κ2) is 8.92. The number of carbonyl (C=O) groups excluding carboxylic acids is 1. The quantitative estimate of drug-likeness (QED) is 0.809. The Bertz CT molecular complexity index is 726. The van der Waals surface area contributed by atoms with Crippen LogP contribution < -0.4 is 10.1 Å². The maximum Gasteiger partial charge on any atom is 0.224 e. The zero-order chi connectivity index (χ0) is 17.4. The molecule has 1 amide bonds. The molecule has 2 N–H and O–H groups in total. The number of nitrogens with one attached hydrogen (secondary N) is 1. The van der Waals surface area contributed by atoms with E-state index in [1.54, 1.807) is 48.5 Å². The number of rotatable bonds is 7. The first-order chi connectivity index (χ1) is 11.6. The summed E-state index contributed by atoms with van der Waals surface area (Å²) >= 11 is 5.84. The lowest BCUT2D eigenvalue weighted by Gasteiger charge is -2.17. The van der Waals surface area contributed by atoms with Crippen molar-refractivity contribution in [2.24, 2.45) is 0 Å². The van der Waals surface area contributed by atoms with E-state index >= 15 is 0 Å². The van der Waals surface area contributed by atoms with Crippen LogP contribution in [-0.4, -0.2) is 24.2 Å². The highest BCUT2D eigenvalue weighted by atomic mass is 35.5. The largest absolute Gasteiger partial charge is 0.479 e. The van der Waals surface area contributed by atoms with Crippen LogP contribution in [0.4, 0.5) is 0 Å². The number of carbonyl (C=O) groups is 1. The highest BCUT2D eigenvalue weighted by molar-refractivity contribution is 6.30. The number of nitrogens with zero attached hydrogens (tertiary/aromatic N) is 1. The van der Waals surface area contributed by atoms with Gasteiger partial charge in [0.25, 0.3) is 0 Å². The molecule has 2 aromatic carbocycles. The molecule has 2 rings (SSSR count). The van der Waals surface area contributed by atoms with E-state index in [4.69, 9.17) is 21.6 Å². The minimum absolute atomic E-state index is 0.0429. The van der Waals surface area contributed by atoms with Crippen molar-refractivity contribution in [3.8, 4) is 11.8 Å². The fourth-order valence-corrected chi connectivity index (χ4v) is 2.35. The number of benzene rings is 2. The molecule has 0 aliphatic rings. The first-order valence-electron chi connectivity index (χ1n) is 7.36. The van der Waals surface area contributed by atoms with E-state index in [9.17, 15) is 9.90 Å². The van der Waals surface area contributed by atoms with Gasteiger partial charge in [-0.05, 0) is 35.4 Å². The lowest BCUT2D eigenvalue weighted by molar-refractivity contribution is -0.121. The molecular weight excluding hydrogens is 328 g/mol. The third-order valence-electron chi connectivity index (χ3n) is 3.36. The predicted molar refractivity (Wildman–Crippen MR) is 90.7 cm³/mol. The number of hydrogen-bond donors (Lipinski definition) is 2. The van der Waals surface area contributed by atoms with Crippen molar-refractivity contribution in [3.05, 3.63) is 64.7 Å². The molecule has 5 nitrogen and oxygen atoms in total. The van der Waals surface area contributed by atoms with Gasteiger partial charge in [0.15, 0.2) is 6.61 Å². The van der Waals surface area contributed by atoms with Gasteiger partial charge in [0, 0.05) is 5.02 Å². The van der Waals surface area contributed by atoms with Crippen molar-refractivity contribution in [1.82, 2.24) is 5.32 Å². The summed E-state index contributed by atoms with van der Waals surface area (Å²) in [5.41, 5.74) is 1.54. The van der Waals surface area contributed by atoms with Crippen LogP contribution in [0.5, 0.6) is 5.75 Å². The van der Waals surface area contributed by atoms with Crippen LogP contribution in [0.15, 0.2) is 48.5 Å². The van der Waals surface area contributed by atoms with Gasteiger partial charge in [0.2, 0.25) is 5.91 Å². The number of halogens is 1. The Labute approximate surface area is 145 Å². The van der Waals surface area contributed by atoms with Crippen LogP contribution in [0.25, 0.3) is 0 Å². The molecule has 2 aromatic rings. The Morgan fingerprint density at radius 3 is 2.71 bits per heavy atom. The molecule has 0 aliphatic heterocycles. The lowest BCUT2D eigenvalue weighted by atomic mass is 10.1. The van der Waals surface area contributed by atoms with Gasteiger partial charge in [0.1, 0.15) is 11.8 Å². The Morgan fingerprint density at radius 2 is 2.04 bits per heavy atom. The van der Waals surface area contributed by atoms with Gasteiger partial charge in [-0.15, -0.1) is 0 Å². The number of nitriles is 1. The number of aliphatic hydroxyl groups is 1. The van der Waals surface area contributed by atoms with E-state index < -0.39 is 6.04 Å². The minimum Gasteiger partial charge on any atom is -0.479 e. The summed E-state index contributed by atoms with van der Waals surface area (Å²) in [5.74, 6) is 0.319. The molecule has 0 bridgehead atoms. The number of aliphatic hydroxyl groups excluding tert-OH is 1. The highest BCUT2D eigenvalue weighted by Gasteiger charge is 2.14. The van der Waals surface area contributed by atoms with E-state index in [2.05, 4.69) is 5.32 Å². The van der Waals surface area contributed by atoms with E-state index in [1.807, 2.05) is 6.07 Å². The zero-order valence-corrected chi connectivity index (χ0v) is 13.7. The zero-order valence-electron chi connectivity index (χ0n) is 12.9. The normalized spacial score (nSPS) is 11.4. The van der Waals surface area contributed by atoms with Crippen molar-refractivity contribution in [1.29, 1.82) is 5.26 Å². The summed E-state index contributed by atoms with van der Waals surface area (Å²) in [7, 11) is 0. The predicted octanol–water partition coefficient (Wildman–Crippen LogP) is 2.63.